The standard InChI is InChI=1S/C14H22ClNOS/c1-2-17-10-3-8-16-9-11-18-12-13-4-6-14(15)7-5-13/h4-7,16H,2-3,8-12H2,1H3. The predicted octanol–water partition coefficient (Wildman–Crippen LogP) is 3.59. The molecule has 0 heterocycles. The lowest BCUT2D eigenvalue weighted by molar-refractivity contribution is 0.145. The first-order valence-corrected chi connectivity index (χ1v) is 7.97. The van der Waals surface area contributed by atoms with Gasteiger partial charge in [-0.25, -0.2) is 0 Å². The van der Waals surface area contributed by atoms with Gasteiger partial charge in [-0.1, -0.05) is 23.7 Å². The summed E-state index contributed by atoms with van der Waals surface area (Å²) in [4.78, 5) is 0. The molecule has 0 radical (unpaired) electrons. The number of thioether (sulfide) groups is 1. The minimum absolute atomic E-state index is 0.805. The van der Waals surface area contributed by atoms with Crippen LogP contribution in [0.25, 0.3) is 0 Å². The molecule has 0 bridgehead atoms. The van der Waals surface area contributed by atoms with Gasteiger partial charge in [0.15, 0.2) is 0 Å². The van der Waals surface area contributed by atoms with Crippen LogP contribution in [0.15, 0.2) is 24.3 Å². The molecule has 0 aliphatic rings. The Balaban J connectivity index is 1.91. The van der Waals surface area contributed by atoms with Crippen LogP contribution in [0, 0.1) is 0 Å². The molecule has 1 aromatic carbocycles. The van der Waals surface area contributed by atoms with Crippen molar-refractivity contribution in [2.75, 3.05) is 32.1 Å². The summed E-state index contributed by atoms with van der Waals surface area (Å²) in [5.41, 5.74) is 1.33. The van der Waals surface area contributed by atoms with Gasteiger partial charge in [-0.05, 0) is 37.6 Å². The molecular formula is C14H22ClNOS. The zero-order valence-corrected chi connectivity index (χ0v) is 12.5. The third-order valence-electron chi connectivity index (χ3n) is 2.45. The monoisotopic (exact) mass is 287 g/mol. The molecule has 102 valence electrons. The maximum atomic E-state index is 5.84. The van der Waals surface area contributed by atoms with Crippen molar-refractivity contribution >= 4 is 23.4 Å². The number of hydrogen-bond acceptors (Lipinski definition) is 3. The van der Waals surface area contributed by atoms with E-state index in [1.807, 2.05) is 30.8 Å². The van der Waals surface area contributed by atoms with E-state index in [0.717, 1.165) is 49.3 Å². The first kappa shape index (κ1) is 15.8. The van der Waals surface area contributed by atoms with Gasteiger partial charge in [0.1, 0.15) is 0 Å². The maximum absolute atomic E-state index is 5.84. The Morgan fingerprint density at radius 2 is 2.00 bits per heavy atom. The van der Waals surface area contributed by atoms with Gasteiger partial charge in [0, 0.05) is 36.3 Å². The molecule has 0 amide bonds. The summed E-state index contributed by atoms with van der Waals surface area (Å²) in [6.07, 6.45) is 1.09. The molecule has 1 aromatic rings. The fourth-order valence-corrected chi connectivity index (χ4v) is 2.47. The highest BCUT2D eigenvalue weighted by atomic mass is 35.5. The normalized spacial score (nSPS) is 10.8. The zero-order chi connectivity index (χ0) is 13.1. The van der Waals surface area contributed by atoms with Gasteiger partial charge in [0.05, 0.1) is 0 Å². The smallest absolute Gasteiger partial charge is 0.0477 e. The van der Waals surface area contributed by atoms with E-state index >= 15 is 0 Å². The van der Waals surface area contributed by atoms with Gasteiger partial charge < -0.3 is 10.1 Å². The third-order valence-corrected chi connectivity index (χ3v) is 3.73. The van der Waals surface area contributed by atoms with Crippen LogP contribution < -0.4 is 5.32 Å². The van der Waals surface area contributed by atoms with Crippen molar-refractivity contribution in [3.63, 3.8) is 0 Å². The van der Waals surface area contributed by atoms with Crippen LogP contribution in [0.3, 0.4) is 0 Å². The summed E-state index contributed by atoms with van der Waals surface area (Å²) in [5, 5.41) is 4.22. The SMILES string of the molecule is CCOCCCNCCSCc1ccc(Cl)cc1. The quantitative estimate of drug-likeness (QED) is 0.665. The van der Waals surface area contributed by atoms with Gasteiger partial charge in [-0.2, -0.15) is 11.8 Å². The van der Waals surface area contributed by atoms with Crippen LogP contribution >= 0.6 is 23.4 Å². The van der Waals surface area contributed by atoms with E-state index in [1.54, 1.807) is 0 Å². The van der Waals surface area contributed by atoms with Crippen molar-refractivity contribution in [3.05, 3.63) is 34.9 Å². The fraction of sp³-hybridized carbons (Fsp3) is 0.571. The third kappa shape index (κ3) is 7.98. The average Bonchev–Trinajstić information content (AvgIpc) is 2.39. The van der Waals surface area contributed by atoms with E-state index in [2.05, 4.69) is 17.4 Å². The summed E-state index contributed by atoms with van der Waals surface area (Å²) >= 11 is 7.78. The zero-order valence-electron chi connectivity index (χ0n) is 11.0. The number of benzene rings is 1. The van der Waals surface area contributed by atoms with E-state index in [0.29, 0.717) is 0 Å². The van der Waals surface area contributed by atoms with Gasteiger partial charge in [-0.3, -0.25) is 0 Å². The Hall–Kier alpha value is -0.220. The van der Waals surface area contributed by atoms with Gasteiger partial charge >= 0.3 is 0 Å². The van der Waals surface area contributed by atoms with Crippen molar-refractivity contribution in [1.29, 1.82) is 0 Å². The first-order chi connectivity index (χ1) is 8.83. The van der Waals surface area contributed by atoms with Gasteiger partial charge in [0.2, 0.25) is 0 Å². The van der Waals surface area contributed by atoms with Crippen molar-refractivity contribution in [2.45, 2.75) is 19.1 Å². The molecule has 0 unspecified atom stereocenters. The second-order valence-electron chi connectivity index (χ2n) is 3.98. The molecule has 1 rings (SSSR count). The van der Waals surface area contributed by atoms with E-state index in [-0.39, 0.29) is 0 Å². The summed E-state index contributed by atoms with van der Waals surface area (Å²) in [7, 11) is 0. The molecular weight excluding hydrogens is 266 g/mol. The van der Waals surface area contributed by atoms with E-state index < -0.39 is 0 Å². The molecule has 0 atom stereocenters. The largest absolute Gasteiger partial charge is 0.382 e. The molecule has 0 fully saturated rings. The van der Waals surface area contributed by atoms with Gasteiger partial charge in [-0.15, -0.1) is 0 Å². The van der Waals surface area contributed by atoms with E-state index in [4.69, 9.17) is 16.3 Å². The number of halogens is 1. The minimum atomic E-state index is 0.805. The summed E-state index contributed by atoms with van der Waals surface area (Å²) in [5.74, 6) is 2.19. The molecule has 0 aromatic heterocycles. The number of nitrogens with one attached hydrogen (secondary N) is 1. The van der Waals surface area contributed by atoms with Crippen LogP contribution in [0.2, 0.25) is 5.02 Å². The minimum Gasteiger partial charge on any atom is -0.382 e. The Bertz CT molecular complexity index is 305. The van der Waals surface area contributed by atoms with Crippen LogP contribution in [0.5, 0.6) is 0 Å². The van der Waals surface area contributed by atoms with E-state index in [9.17, 15) is 0 Å². The maximum Gasteiger partial charge on any atom is 0.0477 e. The van der Waals surface area contributed by atoms with Crippen molar-refractivity contribution in [1.82, 2.24) is 5.32 Å². The number of hydrogen-bond donors (Lipinski definition) is 1. The molecule has 4 heteroatoms. The van der Waals surface area contributed by atoms with E-state index in [1.165, 1.54) is 5.56 Å². The van der Waals surface area contributed by atoms with Crippen molar-refractivity contribution in [2.24, 2.45) is 0 Å². The summed E-state index contributed by atoms with van der Waals surface area (Å²) in [6.45, 7) is 5.81. The second kappa shape index (κ2) is 10.7. The highest BCUT2D eigenvalue weighted by Gasteiger charge is 1.94. The van der Waals surface area contributed by atoms with Crippen LogP contribution in [-0.4, -0.2) is 32.1 Å². The molecule has 18 heavy (non-hydrogen) atoms. The van der Waals surface area contributed by atoms with Crippen molar-refractivity contribution in [3.8, 4) is 0 Å². The van der Waals surface area contributed by atoms with Gasteiger partial charge in [0.25, 0.3) is 0 Å². The Morgan fingerprint density at radius 3 is 2.72 bits per heavy atom. The average molecular weight is 288 g/mol. The number of rotatable bonds is 10. The topological polar surface area (TPSA) is 21.3 Å². The lowest BCUT2D eigenvalue weighted by atomic mass is 10.2. The number of ether oxygens (including phenoxy) is 1. The predicted molar refractivity (Wildman–Crippen MR) is 81.6 cm³/mol. The van der Waals surface area contributed by atoms with Crippen molar-refractivity contribution < 1.29 is 4.74 Å². The lowest BCUT2D eigenvalue weighted by Crippen LogP contribution is -2.19. The lowest BCUT2D eigenvalue weighted by Gasteiger charge is -2.05. The van der Waals surface area contributed by atoms with Crippen LogP contribution in [0.4, 0.5) is 0 Å². The Labute approximate surface area is 119 Å². The highest BCUT2D eigenvalue weighted by Crippen LogP contribution is 2.14. The molecule has 1 N–H and O–H groups in total. The van der Waals surface area contributed by atoms with Crippen LogP contribution in [-0.2, 0) is 10.5 Å². The summed E-state index contributed by atoms with van der Waals surface area (Å²) < 4.78 is 5.27. The summed E-state index contributed by atoms with van der Waals surface area (Å²) in [6, 6.07) is 8.07. The highest BCUT2D eigenvalue weighted by molar-refractivity contribution is 7.98. The van der Waals surface area contributed by atoms with Crippen LogP contribution in [0.1, 0.15) is 18.9 Å². The molecule has 2 nitrogen and oxygen atoms in total. The Morgan fingerprint density at radius 1 is 1.22 bits per heavy atom. The molecule has 0 aliphatic heterocycles. The molecule has 0 spiro atoms. The Kier molecular flexibility index (Phi) is 9.40. The first-order valence-electron chi connectivity index (χ1n) is 6.43. The molecule has 0 aliphatic carbocycles. The molecule has 0 saturated heterocycles. The fourth-order valence-electron chi connectivity index (χ4n) is 1.48. The second-order valence-corrected chi connectivity index (χ2v) is 5.52. The molecule has 0 saturated carbocycles.